The monoisotopic (exact) mass is 712 g/mol. The number of aliphatic hydroxyl groups excluding tert-OH is 2. The van der Waals surface area contributed by atoms with Crippen LogP contribution < -0.4 is 0 Å². The molecule has 0 aliphatic carbocycles. The van der Waals surface area contributed by atoms with Gasteiger partial charge >= 0.3 is 19.8 Å². The van der Waals surface area contributed by atoms with E-state index in [4.69, 9.17) is 19.1 Å². The minimum atomic E-state index is -4.62. The second kappa shape index (κ2) is 34.1. The van der Waals surface area contributed by atoms with Gasteiger partial charge in [0.25, 0.3) is 0 Å². The molecular formula is C38H65O10P. The van der Waals surface area contributed by atoms with Crippen molar-refractivity contribution in [3.8, 4) is 0 Å². The van der Waals surface area contributed by atoms with Crippen molar-refractivity contribution in [2.75, 3.05) is 26.4 Å². The average molecular weight is 713 g/mol. The normalized spacial score (nSPS) is 14.8. The van der Waals surface area contributed by atoms with E-state index in [0.717, 1.165) is 51.4 Å². The Kier molecular flexibility index (Phi) is 32.5. The van der Waals surface area contributed by atoms with Crippen molar-refractivity contribution < 1.29 is 47.8 Å². The molecule has 3 N–H and O–H groups in total. The lowest BCUT2D eigenvalue weighted by Crippen LogP contribution is -2.29. The summed E-state index contributed by atoms with van der Waals surface area (Å²) in [5.74, 6) is -1.00. The molecule has 0 rings (SSSR count). The number of allylic oxidation sites excluding steroid dienone is 10. The molecule has 0 amide bonds. The van der Waals surface area contributed by atoms with E-state index >= 15 is 0 Å². The lowest BCUT2D eigenvalue weighted by molar-refractivity contribution is -0.161. The zero-order valence-corrected chi connectivity index (χ0v) is 31.0. The summed E-state index contributed by atoms with van der Waals surface area (Å²) < 4.78 is 32.4. The number of esters is 2. The van der Waals surface area contributed by atoms with E-state index in [0.29, 0.717) is 19.3 Å². The van der Waals surface area contributed by atoms with Gasteiger partial charge in [0.1, 0.15) is 12.7 Å². The highest BCUT2D eigenvalue weighted by molar-refractivity contribution is 7.47. The van der Waals surface area contributed by atoms with Gasteiger partial charge in [-0.1, -0.05) is 126 Å². The molecule has 0 radical (unpaired) electrons. The number of carbonyl (C=O) groups excluding carboxylic acids is 2. The highest BCUT2D eigenvalue weighted by Gasteiger charge is 2.27. The van der Waals surface area contributed by atoms with Crippen LogP contribution in [0.5, 0.6) is 0 Å². The molecule has 3 atom stereocenters. The predicted octanol–water partition coefficient (Wildman–Crippen LogP) is 8.77. The molecular weight excluding hydrogens is 647 g/mol. The molecule has 0 saturated heterocycles. The zero-order valence-electron chi connectivity index (χ0n) is 30.1. The molecule has 0 spiro atoms. The number of hydrogen-bond donors (Lipinski definition) is 3. The lowest BCUT2D eigenvalue weighted by atomic mass is 10.1. The number of aliphatic hydroxyl groups is 2. The van der Waals surface area contributed by atoms with Crippen molar-refractivity contribution in [2.24, 2.45) is 0 Å². The Bertz CT molecular complexity index is 1000. The summed E-state index contributed by atoms with van der Waals surface area (Å²) in [6.07, 6.45) is 35.0. The minimum absolute atomic E-state index is 0.104. The van der Waals surface area contributed by atoms with E-state index in [2.05, 4.69) is 67.0 Å². The average Bonchev–Trinajstić information content (AvgIpc) is 3.09. The van der Waals surface area contributed by atoms with Crippen molar-refractivity contribution >= 4 is 19.8 Å². The number of ether oxygens (including phenoxy) is 2. The van der Waals surface area contributed by atoms with Gasteiger partial charge in [0.15, 0.2) is 6.10 Å². The van der Waals surface area contributed by atoms with Gasteiger partial charge < -0.3 is 24.6 Å². The number of unbranched alkanes of at least 4 members (excludes halogenated alkanes) is 9. The zero-order chi connectivity index (χ0) is 36.3. The molecule has 0 heterocycles. The molecule has 0 fully saturated rings. The van der Waals surface area contributed by atoms with E-state index in [9.17, 15) is 24.2 Å². The van der Waals surface area contributed by atoms with Crippen LogP contribution in [0.3, 0.4) is 0 Å². The van der Waals surface area contributed by atoms with Crippen molar-refractivity contribution in [2.45, 2.75) is 142 Å². The van der Waals surface area contributed by atoms with Gasteiger partial charge in [0, 0.05) is 12.8 Å². The topological polar surface area (TPSA) is 149 Å². The second-order valence-electron chi connectivity index (χ2n) is 11.9. The summed E-state index contributed by atoms with van der Waals surface area (Å²) in [6, 6.07) is 0. The highest BCUT2D eigenvalue weighted by Crippen LogP contribution is 2.43. The molecule has 0 saturated carbocycles. The van der Waals surface area contributed by atoms with Crippen molar-refractivity contribution in [1.29, 1.82) is 0 Å². The quantitative estimate of drug-likeness (QED) is 0.0261. The third kappa shape index (κ3) is 33.9. The molecule has 0 aliphatic heterocycles. The largest absolute Gasteiger partial charge is 0.472 e. The number of hydrogen-bond acceptors (Lipinski definition) is 9. The van der Waals surface area contributed by atoms with Crippen LogP contribution in [-0.2, 0) is 32.7 Å². The lowest BCUT2D eigenvalue weighted by Gasteiger charge is -2.20. The first kappa shape index (κ1) is 46.7. The Hall–Kier alpha value is -2.33. The Morgan fingerprint density at radius 2 is 1.12 bits per heavy atom. The molecule has 0 aromatic carbocycles. The maximum absolute atomic E-state index is 12.5. The second-order valence-corrected chi connectivity index (χ2v) is 13.3. The molecule has 0 aromatic rings. The molecule has 11 heteroatoms. The fraction of sp³-hybridized carbons (Fsp3) is 0.684. The summed E-state index contributed by atoms with van der Waals surface area (Å²) in [7, 11) is -4.62. The fourth-order valence-electron chi connectivity index (χ4n) is 4.38. The van der Waals surface area contributed by atoms with Crippen LogP contribution in [0.2, 0.25) is 0 Å². The van der Waals surface area contributed by atoms with Crippen LogP contribution in [0.25, 0.3) is 0 Å². The Labute approximate surface area is 296 Å². The Morgan fingerprint density at radius 3 is 1.67 bits per heavy atom. The summed E-state index contributed by atoms with van der Waals surface area (Å²) >= 11 is 0. The molecule has 282 valence electrons. The summed E-state index contributed by atoms with van der Waals surface area (Å²) in [6.45, 7) is 2.14. The van der Waals surface area contributed by atoms with Crippen LogP contribution in [0.15, 0.2) is 60.8 Å². The van der Waals surface area contributed by atoms with Gasteiger partial charge in [-0.25, -0.2) is 4.57 Å². The molecule has 0 bridgehead atoms. The maximum Gasteiger partial charge on any atom is 0.472 e. The van der Waals surface area contributed by atoms with Crippen molar-refractivity contribution in [3.05, 3.63) is 60.8 Å². The first-order valence-electron chi connectivity index (χ1n) is 18.2. The highest BCUT2D eigenvalue weighted by atomic mass is 31.2. The molecule has 49 heavy (non-hydrogen) atoms. The van der Waals surface area contributed by atoms with Gasteiger partial charge in [-0.3, -0.25) is 18.6 Å². The van der Waals surface area contributed by atoms with Gasteiger partial charge in [-0.2, -0.15) is 0 Å². The third-order valence-corrected chi connectivity index (χ3v) is 8.14. The van der Waals surface area contributed by atoms with Gasteiger partial charge in [0.05, 0.1) is 19.8 Å². The first-order valence-corrected chi connectivity index (χ1v) is 19.7. The number of rotatable bonds is 33. The van der Waals surface area contributed by atoms with E-state index < -0.39 is 51.8 Å². The number of phosphoric ester groups is 1. The minimum Gasteiger partial charge on any atom is -0.462 e. The fourth-order valence-corrected chi connectivity index (χ4v) is 5.17. The number of carbonyl (C=O) groups is 2. The number of phosphoric acid groups is 1. The summed E-state index contributed by atoms with van der Waals surface area (Å²) in [5.41, 5.74) is 0. The van der Waals surface area contributed by atoms with Gasteiger partial charge in [-0.05, 0) is 51.4 Å². The van der Waals surface area contributed by atoms with E-state index in [-0.39, 0.29) is 19.4 Å². The maximum atomic E-state index is 12.5. The van der Waals surface area contributed by atoms with E-state index in [1.807, 2.05) is 12.2 Å². The Balaban J connectivity index is 4.50. The standard InChI is InChI=1S/C38H65O10P/c1-3-5-7-9-11-13-14-15-16-17-18-19-20-22-24-26-28-30-38(42)48-36(34-47-49(43,44)46-32-35(40)31-39)33-45-37(41)29-27-25-23-21-12-10-8-6-4-2/h5,7,11,13,15-16,18-19,22,24,35-36,39-40H,3-4,6,8-10,12,14,17,20-21,23,25-34H2,1-2H3,(H,43,44)/b7-5-,13-11-,16-15-,19-18-,24-22-/t35-,36+/m0/s1. The van der Waals surface area contributed by atoms with E-state index in [1.54, 1.807) is 0 Å². The van der Waals surface area contributed by atoms with Crippen LogP contribution in [0.1, 0.15) is 129 Å². The van der Waals surface area contributed by atoms with Crippen LogP contribution in [0, 0.1) is 0 Å². The van der Waals surface area contributed by atoms with E-state index in [1.165, 1.54) is 32.1 Å². The van der Waals surface area contributed by atoms with Crippen LogP contribution >= 0.6 is 7.82 Å². The van der Waals surface area contributed by atoms with Crippen molar-refractivity contribution in [1.82, 2.24) is 0 Å². The Morgan fingerprint density at radius 1 is 0.633 bits per heavy atom. The summed E-state index contributed by atoms with van der Waals surface area (Å²) in [4.78, 5) is 34.7. The molecule has 10 nitrogen and oxygen atoms in total. The smallest absolute Gasteiger partial charge is 0.462 e. The molecule has 0 aromatic heterocycles. The van der Waals surface area contributed by atoms with Crippen LogP contribution in [-0.4, -0.2) is 65.7 Å². The predicted molar refractivity (Wildman–Crippen MR) is 196 cm³/mol. The van der Waals surface area contributed by atoms with Crippen molar-refractivity contribution in [3.63, 3.8) is 0 Å². The van der Waals surface area contributed by atoms with Crippen LogP contribution in [0.4, 0.5) is 0 Å². The van der Waals surface area contributed by atoms with Gasteiger partial charge in [0.2, 0.25) is 0 Å². The third-order valence-electron chi connectivity index (χ3n) is 7.19. The first-order chi connectivity index (χ1) is 23.7. The summed E-state index contributed by atoms with van der Waals surface area (Å²) in [5, 5.41) is 18.2. The van der Waals surface area contributed by atoms with Gasteiger partial charge in [-0.15, -0.1) is 0 Å². The molecule has 0 aliphatic rings. The molecule has 1 unspecified atom stereocenters. The SMILES string of the molecule is CC/C=C\C/C=C\C/C=C\C/C=C\C/C=C\CCCC(=O)O[C@H](COC(=O)CCCCCCCCCCC)COP(=O)(O)OC[C@@H](O)CO.